The molecule has 1 aromatic rings. The fourth-order valence-electron chi connectivity index (χ4n) is 5.20. The molecule has 0 spiro atoms. The van der Waals surface area contributed by atoms with Crippen LogP contribution in [0.4, 0.5) is 0 Å². The maximum absolute atomic E-state index is 12.9. The third kappa shape index (κ3) is 4.52. The molecule has 2 fully saturated rings. The molecule has 31 heavy (non-hydrogen) atoms. The molecule has 164 valence electrons. The Hall–Kier alpha value is -2.65. The first-order chi connectivity index (χ1) is 14.8. The van der Waals surface area contributed by atoms with E-state index in [9.17, 15) is 14.4 Å². The highest BCUT2D eigenvalue weighted by atomic mass is 16.2. The summed E-state index contributed by atoms with van der Waals surface area (Å²) in [6, 6.07) is 5.88. The van der Waals surface area contributed by atoms with E-state index in [-0.39, 0.29) is 29.7 Å². The van der Waals surface area contributed by atoms with Gasteiger partial charge in [-0.1, -0.05) is 30.9 Å². The van der Waals surface area contributed by atoms with E-state index in [1.807, 2.05) is 26.0 Å². The first-order valence-corrected chi connectivity index (χ1v) is 11.3. The first-order valence-electron chi connectivity index (χ1n) is 11.3. The van der Waals surface area contributed by atoms with E-state index in [0.29, 0.717) is 30.5 Å². The molecule has 1 saturated carbocycles. The summed E-state index contributed by atoms with van der Waals surface area (Å²) in [5.41, 5.74) is 2.53. The number of carbonyl (C=O) groups excluding carboxylic acids is 3. The molecule has 0 bridgehead atoms. The number of terminal acetylenes is 1. The number of hydrogen-bond donors (Lipinski definition) is 2. The van der Waals surface area contributed by atoms with Gasteiger partial charge in [-0.15, -0.1) is 6.42 Å². The van der Waals surface area contributed by atoms with Crippen LogP contribution in [0.3, 0.4) is 0 Å². The first kappa shape index (κ1) is 21.6. The van der Waals surface area contributed by atoms with Crippen LogP contribution in [0.2, 0.25) is 0 Å². The molecule has 1 saturated heterocycles. The highest BCUT2D eigenvalue weighted by Gasteiger charge is 2.39. The van der Waals surface area contributed by atoms with Crippen molar-refractivity contribution in [3.63, 3.8) is 0 Å². The van der Waals surface area contributed by atoms with Crippen LogP contribution in [0, 0.1) is 18.3 Å². The zero-order chi connectivity index (χ0) is 22.2. The van der Waals surface area contributed by atoms with E-state index >= 15 is 0 Å². The van der Waals surface area contributed by atoms with Crippen LogP contribution in [-0.2, 0) is 22.6 Å². The van der Waals surface area contributed by atoms with Crippen molar-refractivity contribution >= 4 is 17.7 Å². The van der Waals surface area contributed by atoms with Gasteiger partial charge in [0.1, 0.15) is 6.04 Å². The molecule has 4 rings (SSSR count). The van der Waals surface area contributed by atoms with Crippen molar-refractivity contribution in [1.29, 1.82) is 0 Å². The van der Waals surface area contributed by atoms with Crippen LogP contribution in [-0.4, -0.2) is 40.2 Å². The third-order valence-electron chi connectivity index (χ3n) is 6.90. The average Bonchev–Trinajstić information content (AvgIpc) is 3.05. The smallest absolute Gasteiger partial charge is 0.255 e. The van der Waals surface area contributed by atoms with Crippen molar-refractivity contribution in [1.82, 2.24) is 15.5 Å². The molecule has 0 aromatic heterocycles. The van der Waals surface area contributed by atoms with E-state index in [1.54, 1.807) is 4.90 Å². The van der Waals surface area contributed by atoms with Crippen LogP contribution in [0.15, 0.2) is 18.2 Å². The Balaban J connectivity index is 1.47. The van der Waals surface area contributed by atoms with Crippen molar-refractivity contribution in [2.24, 2.45) is 5.92 Å². The van der Waals surface area contributed by atoms with Crippen LogP contribution < -0.4 is 10.6 Å². The summed E-state index contributed by atoms with van der Waals surface area (Å²) in [4.78, 5) is 38.2. The number of rotatable bonds is 5. The fraction of sp³-hybridized carbons (Fsp3) is 0.560. The van der Waals surface area contributed by atoms with Crippen molar-refractivity contribution in [2.75, 3.05) is 0 Å². The summed E-state index contributed by atoms with van der Waals surface area (Å²) >= 11 is 0. The highest BCUT2D eigenvalue weighted by Crippen LogP contribution is 2.32. The lowest BCUT2D eigenvalue weighted by atomic mass is 9.79. The van der Waals surface area contributed by atoms with Gasteiger partial charge in [0, 0.05) is 24.6 Å². The highest BCUT2D eigenvalue weighted by molar-refractivity contribution is 6.05. The monoisotopic (exact) mass is 421 g/mol. The molecule has 1 aliphatic carbocycles. The summed E-state index contributed by atoms with van der Waals surface area (Å²) in [5.74, 6) is 2.59. The van der Waals surface area contributed by atoms with Crippen molar-refractivity contribution in [3.8, 4) is 12.3 Å². The molecule has 2 aliphatic heterocycles. The fourth-order valence-corrected chi connectivity index (χ4v) is 5.20. The minimum atomic E-state index is -0.570. The Labute approximate surface area is 184 Å². The Kier molecular flexibility index (Phi) is 5.90. The second-order valence-corrected chi connectivity index (χ2v) is 9.66. The van der Waals surface area contributed by atoms with Crippen LogP contribution in [0.25, 0.3) is 0 Å². The third-order valence-corrected chi connectivity index (χ3v) is 6.90. The topological polar surface area (TPSA) is 78.5 Å². The van der Waals surface area contributed by atoms with Crippen molar-refractivity contribution in [3.05, 3.63) is 34.9 Å². The predicted octanol–water partition coefficient (Wildman–Crippen LogP) is 2.55. The number of benzene rings is 1. The number of hydrogen-bond acceptors (Lipinski definition) is 4. The number of fused-ring (bicyclic) bond motifs is 1. The predicted molar refractivity (Wildman–Crippen MR) is 118 cm³/mol. The lowest BCUT2D eigenvalue weighted by Gasteiger charge is -2.37. The summed E-state index contributed by atoms with van der Waals surface area (Å²) in [7, 11) is 0. The second kappa shape index (κ2) is 8.47. The Bertz CT molecular complexity index is 946. The normalized spacial score (nSPS) is 26.4. The molecule has 0 radical (unpaired) electrons. The number of nitrogens with zero attached hydrogens (tertiary/aromatic N) is 1. The van der Waals surface area contributed by atoms with E-state index in [0.717, 1.165) is 24.8 Å². The zero-order valence-electron chi connectivity index (χ0n) is 18.4. The van der Waals surface area contributed by atoms with Crippen LogP contribution >= 0.6 is 0 Å². The summed E-state index contributed by atoms with van der Waals surface area (Å²) < 4.78 is 0. The van der Waals surface area contributed by atoms with Crippen LogP contribution in [0.1, 0.15) is 73.9 Å². The Morgan fingerprint density at radius 2 is 1.97 bits per heavy atom. The van der Waals surface area contributed by atoms with Gasteiger partial charge in [-0.05, 0) is 62.6 Å². The number of amides is 3. The van der Waals surface area contributed by atoms with E-state index in [2.05, 4.69) is 22.6 Å². The Morgan fingerprint density at radius 3 is 2.71 bits per heavy atom. The van der Waals surface area contributed by atoms with Gasteiger partial charge in [0.15, 0.2) is 0 Å². The van der Waals surface area contributed by atoms with E-state index in [4.69, 9.17) is 6.42 Å². The maximum Gasteiger partial charge on any atom is 0.255 e. The van der Waals surface area contributed by atoms with Gasteiger partial charge in [-0.2, -0.15) is 0 Å². The molecule has 2 N–H and O–H groups in total. The standard InChI is InChI=1S/C25H31N3O3/c1-4-25(2,3)27-20-8-6-5-7-17(20)13-16-9-10-19-18(14-16)15-28(24(19)31)21-11-12-22(29)26-23(21)30/h1,9-10,14,17,20-21,27H,5-8,11-13,15H2,2-3H3,(H,26,29,30)/t17-,20+,21?/m1/s1. The lowest BCUT2D eigenvalue weighted by Crippen LogP contribution is -2.52. The molecule has 3 aliphatic rings. The van der Waals surface area contributed by atoms with Gasteiger partial charge in [0.05, 0.1) is 5.54 Å². The minimum absolute atomic E-state index is 0.121. The van der Waals surface area contributed by atoms with E-state index < -0.39 is 6.04 Å². The molecule has 1 aromatic carbocycles. The quantitative estimate of drug-likeness (QED) is 0.566. The van der Waals surface area contributed by atoms with Gasteiger partial charge in [0.2, 0.25) is 11.8 Å². The molecule has 3 amide bonds. The SMILES string of the molecule is C#CC(C)(C)N[C@H]1CCCC[C@@H]1Cc1ccc2c(c1)CN(C1CCC(=O)NC1=O)C2=O. The molecule has 3 atom stereocenters. The molecule has 6 heteroatoms. The molecule has 1 unspecified atom stereocenters. The number of nitrogens with one attached hydrogen (secondary N) is 2. The van der Waals surface area contributed by atoms with Gasteiger partial charge in [-0.25, -0.2) is 0 Å². The van der Waals surface area contributed by atoms with Crippen molar-refractivity contribution < 1.29 is 14.4 Å². The second-order valence-electron chi connectivity index (χ2n) is 9.66. The average molecular weight is 422 g/mol. The molecule has 2 heterocycles. The van der Waals surface area contributed by atoms with Gasteiger partial charge < -0.3 is 4.90 Å². The van der Waals surface area contributed by atoms with E-state index in [1.165, 1.54) is 18.4 Å². The number of piperidine rings is 1. The summed E-state index contributed by atoms with van der Waals surface area (Å²) in [6.07, 6.45) is 12.0. The number of carbonyl (C=O) groups is 3. The van der Waals surface area contributed by atoms with Gasteiger partial charge in [-0.3, -0.25) is 25.0 Å². The lowest BCUT2D eigenvalue weighted by molar-refractivity contribution is -0.136. The van der Waals surface area contributed by atoms with Gasteiger partial charge in [0.25, 0.3) is 5.91 Å². The number of imide groups is 1. The Morgan fingerprint density at radius 1 is 1.19 bits per heavy atom. The maximum atomic E-state index is 12.9. The summed E-state index contributed by atoms with van der Waals surface area (Å²) in [6.45, 7) is 4.51. The summed E-state index contributed by atoms with van der Waals surface area (Å²) in [5, 5.41) is 6.02. The molecular formula is C25H31N3O3. The largest absolute Gasteiger partial charge is 0.322 e. The van der Waals surface area contributed by atoms with Crippen molar-refractivity contribution in [2.45, 2.75) is 83.0 Å². The molecule has 6 nitrogen and oxygen atoms in total. The van der Waals surface area contributed by atoms with Crippen LogP contribution in [0.5, 0.6) is 0 Å². The zero-order valence-corrected chi connectivity index (χ0v) is 18.4. The molecular weight excluding hydrogens is 390 g/mol. The minimum Gasteiger partial charge on any atom is -0.322 e. The van der Waals surface area contributed by atoms with Gasteiger partial charge >= 0.3 is 0 Å².